The van der Waals surface area contributed by atoms with Crippen molar-refractivity contribution >= 4 is 17.0 Å². The van der Waals surface area contributed by atoms with Crippen molar-refractivity contribution in [3.8, 4) is 5.75 Å². The van der Waals surface area contributed by atoms with Crippen molar-refractivity contribution < 1.29 is 13.9 Å². The minimum Gasteiger partial charge on any atom is -0.493 e. The molecular weight excluding hydrogens is 194 g/mol. The second-order valence-electron chi connectivity index (χ2n) is 3.04. The molecule has 0 saturated heterocycles. The van der Waals surface area contributed by atoms with E-state index in [1.165, 1.54) is 6.08 Å². The molecule has 0 fully saturated rings. The Kier molecular flexibility index (Phi) is 2.52. The maximum atomic E-state index is 10.0. The van der Waals surface area contributed by atoms with Gasteiger partial charge in [-0.1, -0.05) is 0 Å². The van der Waals surface area contributed by atoms with Gasteiger partial charge in [-0.3, -0.25) is 0 Å². The van der Waals surface area contributed by atoms with E-state index < -0.39 is 0 Å². The van der Waals surface area contributed by atoms with E-state index in [9.17, 15) is 4.79 Å². The Bertz CT molecular complexity index is 524. The lowest BCUT2D eigenvalue weighted by Gasteiger charge is -2.02. The zero-order chi connectivity index (χ0) is 10.7. The molecule has 0 N–H and O–H groups in total. The number of hydrogen-bond donors (Lipinski definition) is 0. The summed E-state index contributed by atoms with van der Waals surface area (Å²) < 4.78 is 10.4. The first-order valence-corrected chi connectivity index (χ1v) is 4.43. The topological polar surface area (TPSA) is 51.8 Å². The largest absolute Gasteiger partial charge is 0.493 e. The smallest absolute Gasteiger partial charge is 0.235 e. The van der Waals surface area contributed by atoms with Gasteiger partial charge in [0.1, 0.15) is 0 Å². The summed E-state index contributed by atoms with van der Waals surface area (Å²) in [6.07, 6.45) is 3.10. The van der Waals surface area contributed by atoms with Gasteiger partial charge in [-0.2, -0.15) is 0 Å². The SMILES string of the molecule is COc1cc(CN=C=O)cc2ccoc12. The van der Waals surface area contributed by atoms with Crippen LogP contribution in [0.3, 0.4) is 0 Å². The number of aliphatic imine (C=N–C) groups is 1. The van der Waals surface area contributed by atoms with Crippen molar-refractivity contribution in [1.82, 2.24) is 0 Å². The van der Waals surface area contributed by atoms with Gasteiger partial charge in [-0.25, -0.2) is 9.79 Å². The van der Waals surface area contributed by atoms with E-state index in [2.05, 4.69) is 4.99 Å². The van der Waals surface area contributed by atoms with Gasteiger partial charge in [-0.15, -0.1) is 0 Å². The maximum Gasteiger partial charge on any atom is 0.235 e. The van der Waals surface area contributed by atoms with Crippen LogP contribution in [0.4, 0.5) is 0 Å². The molecule has 0 radical (unpaired) electrons. The average Bonchev–Trinajstić information content (AvgIpc) is 2.73. The number of hydrogen-bond acceptors (Lipinski definition) is 4. The van der Waals surface area contributed by atoms with Crippen LogP contribution in [-0.4, -0.2) is 13.2 Å². The summed E-state index contributed by atoms with van der Waals surface area (Å²) in [5.41, 5.74) is 1.60. The van der Waals surface area contributed by atoms with E-state index in [1.807, 2.05) is 12.1 Å². The third-order valence-corrected chi connectivity index (χ3v) is 2.12. The van der Waals surface area contributed by atoms with E-state index in [0.29, 0.717) is 17.9 Å². The Morgan fingerprint density at radius 3 is 3.13 bits per heavy atom. The molecule has 76 valence electrons. The molecule has 0 unspecified atom stereocenters. The summed E-state index contributed by atoms with van der Waals surface area (Å²) in [6.45, 7) is 0.307. The zero-order valence-electron chi connectivity index (χ0n) is 8.19. The second kappa shape index (κ2) is 3.98. The molecule has 0 aliphatic rings. The van der Waals surface area contributed by atoms with Gasteiger partial charge in [0.15, 0.2) is 11.3 Å². The molecule has 0 bridgehead atoms. The van der Waals surface area contributed by atoms with E-state index in [-0.39, 0.29) is 0 Å². The highest BCUT2D eigenvalue weighted by atomic mass is 16.5. The van der Waals surface area contributed by atoms with Gasteiger partial charge in [0.25, 0.3) is 0 Å². The van der Waals surface area contributed by atoms with Crippen molar-refractivity contribution in [3.05, 3.63) is 30.0 Å². The fourth-order valence-corrected chi connectivity index (χ4v) is 1.47. The van der Waals surface area contributed by atoms with Crippen LogP contribution in [0.2, 0.25) is 0 Å². The number of methoxy groups -OCH3 is 1. The molecule has 2 rings (SSSR count). The molecule has 0 spiro atoms. The molecule has 4 heteroatoms. The standard InChI is InChI=1S/C11H9NO3/c1-14-10-5-8(6-12-7-13)4-9-2-3-15-11(9)10/h2-5H,6H2,1H3. The van der Waals surface area contributed by atoms with Gasteiger partial charge >= 0.3 is 0 Å². The monoisotopic (exact) mass is 203 g/mol. The average molecular weight is 203 g/mol. The van der Waals surface area contributed by atoms with Crippen LogP contribution in [0, 0.1) is 0 Å². The van der Waals surface area contributed by atoms with Crippen molar-refractivity contribution in [2.24, 2.45) is 4.99 Å². The van der Waals surface area contributed by atoms with Crippen LogP contribution in [0.25, 0.3) is 11.0 Å². The third-order valence-electron chi connectivity index (χ3n) is 2.12. The van der Waals surface area contributed by atoms with Crippen LogP contribution in [0.1, 0.15) is 5.56 Å². The fraction of sp³-hybridized carbons (Fsp3) is 0.182. The highest BCUT2D eigenvalue weighted by Crippen LogP contribution is 2.28. The van der Waals surface area contributed by atoms with Gasteiger partial charge in [0.2, 0.25) is 6.08 Å². The molecule has 0 saturated carbocycles. The van der Waals surface area contributed by atoms with Crippen molar-refractivity contribution in [1.29, 1.82) is 0 Å². The van der Waals surface area contributed by atoms with Gasteiger partial charge in [-0.05, 0) is 23.8 Å². The Morgan fingerprint density at radius 2 is 2.40 bits per heavy atom. The molecular formula is C11H9NO3. The molecule has 0 aliphatic heterocycles. The molecule has 1 aromatic carbocycles. The summed E-state index contributed by atoms with van der Waals surface area (Å²) in [4.78, 5) is 13.5. The van der Waals surface area contributed by atoms with E-state index in [1.54, 1.807) is 19.4 Å². The van der Waals surface area contributed by atoms with Crippen LogP contribution in [-0.2, 0) is 11.3 Å². The van der Waals surface area contributed by atoms with Crippen molar-refractivity contribution in [3.63, 3.8) is 0 Å². The lowest BCUT2D eigenvalue weighted by Crippen LogP contribution is -1.87. The van der Waals surface area contributed by atoms with E-state index in [0.717, 1.165) is 10.9 Å². The van der Waals surface area contributed by atoms with Gasteiger partial charge in [0, 0.05) is 5.39 Å². The minimum atomic E-state index is 0.307. The Labute approximate surface area is 86.2 Å². The molecule has 0 amide bonds. The first-order chi connectivity index (χ1) is 7.35. The predicted molar refractivity (Wildman–Crippen MR) is 54.6 cm³/mol. The number of nitrogens with zero attached hydrogens (tertiary/aromatic N) is 1. The first kappa shape index (κ1) is 9.49. The lowest BCUT2D eigenvalue weighted by molar-refractivity contribution is 0.410. The quantitative estimate of drug-likeness (QED) is 0.568. The van der Waals surface area contributed by atoms with Crippen LogP contribution in [0.15, 0.2) is 33.9 Å². The number of fused-ring (bicyclic) bond motifs is 1. The number of carbonyl (C=O) groups excluding carboxylic acids is 1. The number of rotatable bonds is 3. The Hall–Kier alpha value is -2.06. The fourth-order valence-electron chi connectivity index (χ4n) is 1.47. The van der Waals surface area contributed by atoms with E-state index in [4.69, 9.17) is 9.15 Å². The van der Waals surface area contributed by atoms with E-state index >= 15 is 0 Å². The summed E-state index contributed by atoms with van der Waals surface area (Å²) >= 11 is 0. The molecule has 0 aliphatic carbocycles. The highest BCUT2D eigenvalue weighted by Gasteiger charge is 2.06. The first-order valence-electron chi connectivity index (χ1n) is 4.43. The summed E-state index contributed by atoms with van der Waals surface area (Å²) in [7, 11) is 1.57. The summed E-state index contributed by atoms with van der Waals surface area (Å²) in [5.74, 6) is 0.647. The zero-order valence-corrected chi connectivity index (χ0v) is 8.19. The molecule has 4 nitrogen and oxygen atoms in total. The van der Waals surface area contributed by atoms with Crippen LogP contribution < -0.4 is 4.74 Å². The van der Waals surface area contributed by atoms with Crippen LogP contribution in [0.5, 0.6) is 5.75 Å². The molecule has 15 heavy (non-hydrogen) atoms. The van der Waals surface area contributed by atoms with Gasteiger partial charge < -0.3 is 9.15 Å². The normalized spacial score (nSPS) is 9.93. The Balaban J connectivity index is 2.53. The van der Waals surface area contributed by atoms with Crippen LogP contribution >= 0.6 is 0 Å². The number of isocyanates is 1. The molecule has 1 aromatic heterocycles. The molecule has 2 aromatic rings. The summed E-state index contributed by atoms with van der Waals surface area (Å²) in [6, 6.07) is 5.54. The predicted octanol–water partition coefficient (Wildman–Crippen LogP) is 2.28. The minimum absolute atomic E-state index is 0.307. The summed E-state index contributed by atoms with van der Waals surface area (Å²) in [5, 5.41) is 0.936. The number of benzene rings is 1. The Morgan fingerprint density at radius 1 is 1.53 bits per heavy atom. The third kappa shape index (κ3) is 1.75. The maximum absolute atomic E-state index is 10.0. The highest BCUT2D eigenvalue weighted by molar-refractivity contribution is 5.83. The van der Waals surface area contributed by atoms with Crippen molar-refractivity contribution in [2.75, 3.05) is 7.11 Å². The molecule has 1 heterocycles. The second-order valence-corrected chi connectivity index (χ2v) is 3.04. The lowest BCUT2D eigenvalue weighted by atomic mass is 10.1. The molecule has 0 atom stereocenters. The number of furan rings is 1. The van der Waals surface area contributed by atoms with Crippen molar-refractivity contribution in [2.45, 2.75) is 6.54 Å². The number of ether oxygens (including phenoxy) is 1. The van der Waals surface area contributed by atoms with Gasteiger partial charge in [0.05, 0.1) is 19.9 Å².